The van der Waals surface area contributed by atoms with Crippen LogP contribution in [0.15, 0.2) is 60.7 Å². The van der Waals surface area contributed by atoms with Gasteiger partial charge in [-0.15, -0.1) is 0 Å². The van der Waals surface area contributed by atoms with Gasteiger partial charge in [-0.1, -0.05) is 37.6 Å². The summed E-state index contributed by atoms with van der Waals surface area (Å²) in [6, 6.07) is 13.0. The summed E-state index contributed by atoms with van der Waals surface area (Å²) in [6.07, 6.45) is -11.5. The van der Waals surface area contributed by atoms with Gasteiger partial charge in [-0.2, -0.15) is 26.3 Å². The number of halogens is 6. The Bertz CT molecular complexity index is 1630. The van der Waals surface area contributed by atoms with Crippen LogP contribution in [0.25, 0.3) is 0 Å². The van der Waals surface area contributed by atoms with E-state index in [1.165, 1.54) is 19.2 Å². The number of hydrogen-bond donors (Lipinski definition) is 2. The number of nitrogens with zero attached hydrogens (tertiary/aromatic N) is 1. The van der Waals surface area contributed by atoms with Gasteiger partial charge in [0.15, 0.2) is 0 Å². The van der Waals surface area contributed by atoms with E-state index < -0.39 is 41.0 Å². The first-order valence-corrected chi connectivity index (χ1v) is 15.1. The Morgan fingerprint density at radius 3 is 2.04 bits per heavy atom. The SMILES string of the molecule is CCCc1cc(C(O)(C(F)(F)F)C(F)(F)F)ccc1Oc1ccc(CCN2C(=O)NC(C)(c3ccc(OC(C)C)cc3)C2=O)c(OC)c1. The summed E-state index contributed by atoms with van der Waals surface area (Å²) >= 11 is 0. The van der Waals surface area contributed by atoms with Crippen LogP contribution in [0.3, 0.4) is 0 Å². The number of methoxy groups -OCH3 is 1. The number of urea groups is 1. The van der Waals surface area contributed by atoms with Crippen molar-refractivity contribution in [2.24, 2.45) is 0 Å². The molecule has 260 valence electrons. The summed E-state index contributed by atoms with van der Waals surface area (Å²) < 4.78 is 97.8. The summed E-state index contributed by atoms with van der Waals surface area (Å²) in [4.78, 5) is 27.4. The van der Waals surface area contributed by atoms with E-state index in [0.29, 0.717) is 41.2 Å². The zero-order valence-corrected chi connectivity index (χ0v) is 26.9. The van der Waals surface area contributed by atoms with Gasteiger partial charge in [0.25, 0.3) is 11.5 Å². The summed E-state index contributed by atoms with van der Waals surface area (Å²) in [5.41, 5.74) is -6.54. The number of imide groups is 1. The van der Waals surface area contributed by atoms with E-state index in [1.54, 1.807) is 44.2 Å². The van der Waals surface area contributed by atoms with Crippen molar-refractivity contribution in [3.8, 4) is 23.0 Å². The molecule has 3 aromatic carbocycles. The monoisotopic (exact) mass is 682 g/mol. The van der Waals surface area contributed by atoms with Crippen molar-refractivity contribution in [3.63, 3.8) is 0 Å². The van der Waals surface area contributed by atoms with Crippen LogP contribution in [0.4, 0.5) is 31.1 Å². The van der Waals surface area contributed by atoms with Gasteiger partial charge in [-0.05, 0) is 80.6 Å². The topological polar surface area (TPSA) is 97.3 Å². The standard InChI is InChI=1S/C34H36F6N2O6/c1-6-7-22-18-24(32(45,33(35,36)37)34(38,39)40)11-15-27(22)48-26-12-8-21(28(19-26)46-5)16-17-42-29(43)31(4,41-30(42)44)23-9-13-25(14-10-23)47-20(2)3/h8-15,18-20,45H,6-7,16-17H2,1-5H3,(H,41,44). The molecule has 0 bridgehead atoms. The molecule has 0 aromatic heterocycles. The van der Waals surface area contributed by atoms with Gasteiger partial charge in [0.2, 0.25) is 0 Å². The lowest BCUT2D eigenvalue weighted by molar-refractivity contribution is -0.376. The fourth-order valence-electron chi connectivity index (χ4n) is 5.45. The molecule has 1 unspecified atom stereocenters. The van der Waals surface area contributed by atoms with Crippen molar-refractivity contribution in [1.29, 1.82) is 0 Å². The number of amides is 3. The van der Waals surface area contributed by atoms with Crippen LogP contribution in [-0.2, 0) is 28.8 Å². The summed E-state index contributed by atoms with van der Waals surface area (Å²) in [5, 5.41) is 12.6. The molecular weight excluding hydrogens is 646 g/mol. The Hall–Kier alpha value is -4.46. The minimum absolute atomic E-state index is 0.00873. The lowest BCUT2D eigenvalue weighted by Crippen LogP contribution is -2.53. The number of carbonyl (C=O) groups excluding carboxylic acids is 2. The molecule has 3 amide bonds. The van der Waals surface area contributed by atoms with Crippen molar-refractivity contribution >= 4 is 11.9 Å². The predicted octanol–water partition coefficient (Wildman–Crippen LogP) is 7.55. The van der Waals surface area contributed by atoms with Crippen LogP contribution in [-0.4, -0.2) is 54.1 Å². The number of carbonyl (C=O) groups is 2. The molecule has 1 atom stereocenters. The lowest BCUT2D eigenvalue weighted by Gasteiger charge is -2.33. The van der Waals surface area contributed by atoms with Crippen molar-refractivity contribution < 1.29 is 55.2 Å². The molecule has 0 saturated carbocycles. The van der Waals surface area contributed by atoms with Crippen LogP contribution < -0.4 is 19.5 Å². The number of nitrogens with one attached hydrogen (secondary N) is 1. The second-order valence-electron chi connectivity index (χ2n) is 11.8. The maximum atomic E-state index is 13.5. The molecule has 1 aliphatic rings. The van der Waals surface area contributed by atoms with Crippen molar-refractivity contribution in [2.75, 3.05) is 13.7 Å². The number of rotatable bonds is 12. The molecule has 0 aliphatic carbocycles. The van der Waals surface area contributed by atoms with Crippen LogP contribution in [0.5, 0.6) is 23.0 Å². The van der Waals surface area contributed by atoms with E-state index in [9.17, 15) is 41.0 Å². The van der Waals surface area contributed by atoms with Gasteiger partial charge in [-0.3, -0.25) is 9.69 Å². The molecule has 14 heteroatoms. The molecule has 48 heavy (non-hydrogen) atoms. The Labute approximate surface area is 273 Å². The number of aliphatic hydroxyl groups is 1. The maximum absolute atomic E-state index is 13.5. The van der Waals surface area contributed by atoms with Gasteiger partial charge in [0.05, 0.1) is 13.2 Å². The van der Waals surface area contributed by atoms with E-state index in [1.807, 2.05) is 13.8 Å². The van der Waals surface area contributed by atoms with Crippen LogP contribution >= 0.6 is 0 Å². The number of hydrogen-bond acceptors (Lipinski definition) is 6. The van der Waals surface area contributed by atoms with Gasteiger partial charge >= 0.3 is 18.4 Å². The maximum Gasteiger partial charge on any atom is 0.430 e. The van der Waals surface area contributed by atoms with Crippen LogP contribution in [0.1, 0.15) is 56.4 Å². The summed E-state index contributed by atoms with van der Waals surface area (Å²) in [5.74, 6) is 0.637. The van der Waals surface area contributed by atoms with Crippen LogP contribution in [0, 0.1) is 0 Å². The molecule has 1 saturated heterocycles. The molecule has 3 aromatic rings. The smallest absolute Gasteiger partial charge is 0.430 e. The number of aryl methyl sites for hydroxylation is 1. The second-order valence-corrected chi connectivity index (χ2v) is 11.8. The molecule has 2 N–H and O–H groups in total. The summed E-state index contributed by atoms with van der Waals surface area (Å²) in [6.45, 7) is 7.08. The van der Waals surface area contributed by atoms with Crippen molar-refractivity contribution in [3.05, 3.63) is 82.9 Å². The zero-order valence-electron chi connectivity index (χ0n) is 26.9. The Kier molecular flexibility index (Phi) is 10.3. The second kappa shape index (κ2) is 13.6. The Morgan fingerprint density at radius 1 is 0.854 bits per heavy atom. The third-order valence-corrected chi connectivity index (χ3v) is 7.99. The third-order valence-electron chi connectivity index (χ3n) is 7.99. The van der Waals surface area contributed by atoms with E-state index in [2.05, 4.69) is 5.32 Å². The highest BCUT2D eigenvalue weighted by molar-refractivity contribution is 6.07. The van der Waals surface area contributed by atoms with Crippen LogP contribution in [0.2, 0.25) is 0 Å². The number of alkyl halides is 6. The molecular formula is C34H36F6N2O6. The number of ether oxygens (including phenoxy) is 3. The van der Waals surface area contributed by atoms with Gasteiger partial charge in [0, 0.05) is 18.2 Å². The van der Waals surface area contributed by atoms with Crippen molar-refractivity contribution in [1.82, 2.24) is 10.2 Å². The highest BCUT2D eigenvalue weighted by Gasteiger charge is 2.71. The Balaban J connectivity index is 1.52. The highest BCUT2D eigenvalue weighted by Crippen LogP contribution is 2.50. The fraction of sp³-hybridized carbons (Fsp3) is 0.412. The van der Waals surface area contributed by atoms with Crippen molar-refractivity contribution in [2.45, 2.75) is 76.6 Å². The molecule has 1 aliphatic heterocycles. The average molecular weight is 683 g/mol. The lowest BCUT2D eigenvalue weighted by atomic mass is 9.90. The summed E-state index contributed by atoms with van der Waals surface area (Å²) in [7, 11) is 1.38. The molecule has 1 heterocycles. The minimum Gasteiger partial charge on any atom is -0.496 e. The normalized spacial score (nSPS) is 17.1. The fourth-order valence-corrected chi connectivity index (χ4v) is 5.45. The van der Waals surface area contributed by atoms with Gasteiger partial charge in [-0.25, -0.2) is 4.79 Å². The highest BCUT2D eigenvalue weighted by atomic mass is 19.4. The number of benzene rings is 3. The minimum atomic E-state index is -6.02. The average Bonchev–Trinajstić information content (AvgIpc) is 3.23. The molecule has 8 nitrogen and oxygen atoms in total. The van der Waals surface area contributed by atoms with E-state index >= 15 is 0 Å². The van der Waals surface area contributed by atoms with E-state index in [-0.39, 0.29) is 42.6 Å². The third kappa shape index (κ3) is 7.03. The predicted molar refractivity (Wildman–Crippen MR) is 163 cm³/mol. The quantitative estimate of drug-likeness (QED) is 0.151. The van der Waals surface area contributed by atoms with Gasteiger partial charge in [0.1, 0.15) is 28.5 Å². The first-order chi connectivity index (χ1) is 22.3. The molecule has 0 radical (unpaired) electrons. The first kappa shape index (κ1) is 36.4. The first-order valence-electron chi connectivity index (χ1n) is 15.1. The van der Waals surface area contributed by atoms with Gasteiger partial charge < -0.3 is 24.6 Å². The largest absolute Gasteiger partial charge is 0.496 e. The molecule has 4 rings (SSSR count). The van der Waals surface area contributed by atoms with E-state index in [4.69, 9.17) is 14.2 Å². The van der Waals surface area contributed by atoms with E-state index in [0.717, 1.165) is 11.0 Å². The molecule has 0 spiro atoms. The Morgan fingerprint density at radius 2 is 1.48 bits per heavy atom. The zero-order chi connectivity index (χ0) is 35.7. The molecule has 1 fully saturated rings.